The first-order valence-electron chi connectivity index (χ1n) is 9.78. The molecule has 29 heavy (non-hydrogen) atoms. The number of carbonyl (C=O) groups is 2. The minimum atomic E-state index is -0.330. The Bertz CT molecular complexity index is 995. The SMILES string of the molecule is Cc1ccc(CN2C(=O)S/C(=C\c3cc(F)c(N4CCCC4)cc3C)C2=O)cc1. The molecule has 2 aliphatic rings. The molecule has 0 bridgehead atoms. The molecule has 2 heterocycles. The van der Waals surface area contributed by atoms with Gasteiger partial charge in [0.15, 0.2) is 0 Å². The average molecular weight is 411 g/mol. The molecule has 2 aliphatic heterocycles. The van der Waals surface area contributed by atoms with Crippen molar-refractivity contribution in [2.24, 2.45) is 0 Å². The zero-order valence-electron chi connectivity index (χ0n) is 16.6. The van der Waals surface area contributed by atoms with Crippen molar-refractivity contribution in [1.29, 1.82) is 0 Å². The Hall–Kier alpha value is -2.60. The number of carbonyl (C=O) groups excluding carboxylic acids is 2. The number of amides is 2. The molecule has 6 heteroatoms. The molecular formula is C23H23FN2O2S. The van der Waals surface area contributed by atoms with Gasteiger partial charge in [-0.15, -0.1) is 0 Å². The number of rotatable bonds is 4. The van der Waals surface area contributed by atoms with Gasteiger partial charge in [-0.2, -0.15) is 0 Å². The molecular weight excluding hydrogens is 387 g/mol. The summed E-state index contributed by atoms with van der Waals surface area (Å²) >= 11 is 0.909. The molecule has 0 N–H and O–H groups in total. The zero-order valence-corrected chi connectivity index (χ0v) is 17.4. The van der Waals surface area contributed by atoms with Crippen molar-refractivity contribution in [3.05, 3.63) is 69.4 Å². The molecule has 0 unspecified atom stereocenters. The van der Waals surface area contributed by atoms with Gasteiger partial charge >= 0.3 is 0 Å². The summed E-state index contributed by atoms with van der Waals surface area (Å²) < 4.78 is 14.7. The van der Waals surface area contributed by atoms with E-state index in [1.807, 2.05) is 44.2 Å². The zero-order chi connectivity index (χ0) is 20.5. The molecule has 4 rings (SSSR count). The quantitative estimate of drug-likeness (QED) is 0.643. The van der Waals surface area contributed by atoms with Crippen LogP contribution in [0.25, 0.3) is 6.08 Å². The minimum Gasteiger partial charge on any atom is -0.369 e. The lowest BCUT2D eigenvalue weighted by atomic mass is 10.1. The topological polar surface area (TPSA) is 40.6 Å². The second-order valence-electron chi connectivity index (χ2n) is 7.61. The number of nitrogens with zero attached hydrogens (tertiary/aromatic N) is 2. The average Bonchev–Trinajstić information content (AvgIpc) is 3.31. The van der Waals surface area contributed by atoms with Crippen molar-refractivity contribution >= 4 is 34.7 Å². The van der Waals surface area contributed by atoms with Crippen LogP contribution < -0.4 is 4.90 Å². The molecule has 2 amide bonds. The fourth-order valence-corrected chi connectivity index (χ4v) is 4.52. The van der Waals surface area contributed by atoms with Crippen molar-refractivity contribution < 1.29 is 14.0 Å². The van der Waals surface area contributed by atoms with E-state index < -0.39 is 0 Å². The number of imide groups is 1. The van der Waals surface area contributed by atoms with Gasteiger partial charge in [-0.1, -0.05) is 29.8 Å². The molecule has 2 saturated heterocycles. The maximum atomic E-state index is 14.7. The van der Waals surface area contributed by atoms with E-state index in [2.05, 4.69) is 4.90 Å². The highest BCUT2D eigenvalue weighted by Crippen LogP contribution is 2.35. The Labute approximate surface area is 174 Å². The van der Waals surface area contributed by atoms with Crippen LogP contribution in [0.3, 0.4) is 0 Å². The smallest absolute Gasteiger partial charge is 0.293 e. The van der Waals surface area contributed by atoms with E-state index in [-0.39, 0.29) is 23.5 Å². The van der Waals surface area contributed by atoms with Crippen LogP contribution in [0.4, 0.5) is 14.9 Å². The van der Waals surface area contributed by atoms with Crippen LogP contribution in [0, 0.1) is 19.7 Å². The van der Waals surface area contributed by atoms with E-state index in [0.717, 1.165) is 54.4 Å². The van der Waals surface area contributed by atoms with Crippen LogP contribution in [0.5, 0.6) is 0 Å². The van der Waals surface area contributed by atoms with Crippen molar-refractivity contribution in [2.45, 2.75) is 33.2 Å². The van der Waals surface area contributed by atoms with E-state index in [1.165, 1.54) is 11.0 Å². The largest absolute Gasteiger partial charge is 0.369 e. The highest BCUT2D eigenvalue weighted by molar-refractivity contribution is 8.18. The number of hydrogen-bond donors (Lipinski definition) is 0. The van der Waals surface area contributed by atoms with Gasteiger partial charge in [-0.3, -0.25) is 14.5 Å². The first kappa shape index (κ1) is 19.7. The second-order valence-corrected chi connectivity index (χ2v) is 8.60. The number of benzene rings is 2. The Kier molecular flexibility index (Phi) is 5.46. The Morgan fingerprint density at radius 1 is 1.07 bits per heavy atom. The minimum absolute atomic E-state index is 0.240. The number of anilines is 1. The van der Waals surface area contributed by atoms with Crippen LogP contribution in [-0.4, -0.2) is 29.1 Å². The molecule has 2 aromatic carbocycles. The lowest BCUT2D eigenvalue weighted by Gasteiger charge is -2.19. The number of thioether (sulfide) groups is 1. The second kappa shape index (κ2) is 8.03. The summed E-state index contributed by atoms with van der Waals surface area (Å²) in [7, 11) is 0. The summed E-state index contributed by atoms with van der Waals surface area (Å²) in [5, 5.41) is -0.298. The lowest BCUT2D eigenvalue weighted by molar-refractivity contribution is -0.123. The van der Waals surface area contributed by atoms with Crippen molar-refractivity contribution in [2.75, 3.05) is 18.0 Å². The van der Waals surface area contributed by atoms with Crippen LogP contribution >= 0.6 is 11.8 Å². The van der Waals surface area contributed by atoms with Crippen LogP contribution in [0.1, 0.15) is 35.1 Å². The summed E-state index contributed by atoms with van der Waals surface area (Å²) in [5.41, 5.74) is 4.16. The molecule has 2 fully saturated rings. The third-order valence-corrected chi connectivity index (χ3v) is 6.31. The van der Waals surface area contributed by atoms with Crippen LogP contribution in [0.2, 0.25) is 0 Å². The van der Waals surface area contributed by atoms with E-state index >= 15 is 0 Å². The Morgan fingerprint density at radius 2 is 1.76 bits per heavy atom. The fraction of sp³-hybridized carbons (Fsp3) is 0.304. The van der Waals surface area contributed by atoms with E-state index in [9.17, 15) is 14.0 Å². The van der Waals surface area contributed by atoms with Gasteiger partial charge < -0.3 is 4.90 Å². The number of hydrogen-bond acceptors (Lipinski definition) is 4. The summed E-state index contributed by atoms with van der Waals surface area (Å²) in [6, 6.07) is 11.0. The summed E-state index contributed by atoms with van der Waals surface area (Å²) in [4.78, 5) is 28.8. The maximum absolute atomic E-state index is 14.7. The number of aryl methyl sites for hydroxylation is 2. The normalized spacial score (nSPS) is 18.4. The van der Waals surface area contributed by atoms with Gasteiger partial charge in [-0.05, 0) is 73.4 Å². The van der Waals surface area contributed by atoms with Gasteiger partial charge in [0, 0.05) is 13.1 Å². The first-order valence-corrected chi connectivity index (χ1v) is 10.6. The lowest BCUT2D eigenvalue weighted by Crippen LogP contribution is -2.27. The van der Waals surface area contributed by atoms with Crippen LogP contribution in [0.15, 0.2) is 41.3 Å². The van der Waals surface area contributed by atoms with Crippen molar-refractivity contribution in [1.82, 2.24) is 4.90 Å². The highest BCUT2D eigenvalue weighted by atomic mass is 32.2. The van der Waals surface area contributed by atoms with Crippen LogP contribution in [-0.2, 0) is 11.3 Å². The van der Waals surface area contributed by atoms with Gasteiger partial charge in [0.25, 0.3) is 11.1 Å². The van der Waals surface area contributed by atoms with Gasteiger partial charge in [0.2, 0.25) is 0 Å². The monoisotopic (exact) mass is 410 g/mol. The Balaban J connectivity index is 1.56. The molecule has 0 atom stereocenters. The summed E-state index contributed by atoms with van der Waals surface area (Å²) in [6.45, 7) is 5.87. The standard InChI is InChI=1S/C23H23FN2O2S/c1-15-5-7-17(8-6-15)14-26-22(27)21(29-23(26)28)13-18-12-19(24)20(11-16(18)2)25-9-3-4-10-25/h5-8,11-13H,3-4,9-10,14H2,1-2H3/b21-13-. The highest BCUT2D eigenvalue weighted by Gasteiger charge is 2.35. The van der Waals surface area contributed by atoms with E-state index in [0.29, 0.717) is 16.2 Å². The van der Waals surface area contributed by atoms with Gasteiger partial charge in [-0.25, -0.2) is 4.39 Å². The predicted molar refractivity (Wildman–Crippen MR) is 115 cm³/mol. The third-order valence-electron chi connectivity index (χ3n) is 5.40. The third kappa shape index (κ3) is 4.08. The first-order chi connectivity index (χ1) is 13.9. The number of halogens is 1. The Morgan fingerprint density at radius 3 is 2.45 bits per heavy atom. The molecule has 4 nitrogen and oxygen atoms in total. The molecule has 0 spiro atoms. The maximum Gasteiger partial charge on any atom is 0.293 e. The molecule has 0 radical (unpaired) electrons. The molecule has 2 aromatic rings. The summed E-state index contributed by atoms with van der Waals surface area (Å²) in [6.07, 6.45) is 3.79. The fourth-order valence-electron chi connectivity index (χ4n) is 3.69. The van der Waals surface area contributed by atoms with Gasteiger partial charge in [0.1, 0.15) is 5.82 Å². The summed E-state index contributed by atoms with van der Waals surface area (Å²) in [5.74, 6) is -0.619. The molecule has 150 valence electrons. The predicted octanol–water partition coefficient (Wildman–Crippen LogP) is 5.28. The molecule has 0 aliphatic carbocycles. The molecule has 0 saturated carbocycles. The van der Waals surface area contributed by atoms with Crippen molar-refractivity contribution in [3.8, 4) is 0 Å². The van der Waals surface area contributed by atoms with Gasteiger partial charge in [0.05, 0.1) is 17.1 Å². The van der Waals surface area contributed by atoms with E-state index in [1.54, 1.807) is 6.08 Å². The van der Waals surface area contributed by atoms with E-state index in [4.69, 9.17) is 0 Å². The van der Waals surface area contributed by atoms with Crippen molar-refractivity contribution in [3.63, 3.8) is 0 Å². The molecule has 0 aromatic heterocycles.